The Morgan fingerprint density at radius 3 is 2.72 bits per heavy atom. The predicted octanol–water partition coefficient (Wildman–Crippen LogP) is 2.00. The van der Waals surface area contributed by atoms with Crippen molar-refractivity contribution in [2.45, 2.75) is 69.6 Å². The lowest BCUT2D eigenvalue weighted by atomic mass is 9.88. The van der Waals surface area contributed by atoms with Gasteiger partial charge in [0.15, 0.2) is 0 Å². The lowest BCUT2D eigenvalue weighted by Crippen LogP contribution is -2.47. The Morgan fingerprint density at radius 1 is 1.28 bits per heavy atom. The van der Waals surface area contributed by atoms with Crippen LogP contribution < -0.4 is 5.73 Å². The molecule has 0 aromatic rings. The third kappa shape index (κ3) is 3.04. The first-order valence-corrected chi connectivity index (χ1v) is 7.06. The average molecular weight is 255 g/mol. The number of carbonyl (C=O) groups excluding carboxylic acids is 1. The maximum Gasteiger partial charge on any atom is 0.325 e. The van der Waals surface area contributed by atoms with Crippen molar-refractivity contribution in [2.75, 3.05) is 7.11 Å². The van der Waals surface area contributed by atoms with E-state index in [-0.39, 0.29) is 12.1 Å². The number of nitrogens with two attached hydrogens (primary N) is 1. The topological polar surface area (TPSA) is 61.5 Å². The standard InChI is InChI=1S/C14H25NO3/c1-10-4-3-5-11(8-10)18-12-6-7-14(15,9-12)13(16)17-2/h10-12H,3-9,15H2,1-2H3. The largest absolute Gasteiger partial charge is 0.468 e. The van der Waals surface area contributed by atoms with Gasteiger partial charge in [0.25, 0.3) is 0 Å². The Morgan fingerprint density at radius 2 is 2.06 bits per heavy atom. The summed E-state index contributed by atoms with van der Waals surface area (Å²) in [5, 5.41) is 0. The monoisotopic (exact) mass is 255 g/mol. The average Bonchev–Trinajstić information content (AvgIpc) is 2.71. The molecule has 0 spiro atoms. The maximum absolute atomic E-state index is 11.6. The molecule has 2 fully saturated rings. The summed E-state index contributed by atoms with van der Waals surface area (Å²) in [6.45, 7) is 2.28. The van der Waals surface area contributed by atoms with Crippen molar-refractivity contribution in [3.8, 4) is 0 Å². The van der Waals surface area contributed by atoms with Crippen LogP contribution >= 0.6 is 0 Å². The van der Waals surface area contributed by atoms with E-state index in [9.17, 15) is 4.79 Å². The third-order valence-corrected chi connectivity index (χ3v) is 4.37. The molecule has 0 heterocycles. The number of esters is 1. The normalized spacial score (nSPS) is 40.7. The summed E-state index contributed by atoms with van der Waals surface area (Å²) in [4.78, 5) is 11.6. The number of hydrogen-bond acceptors (Lipinski definition) is 4. The molecule has 2 aliphatic carbocycles. The van der Waals surface area contributed by atoms with E-state index in [2.05, 4.69) is 6.92 Å². The second kappa shape index (κ2) is 5.57. The van der Waals surface area contributed by atoms with Crippen LogP contribution in [-0.4, -0.2) is 30.8 Å². The Hall–Kier alpha value is -0.610. The molecule has 2 rings (SSSR count). The molecule has 0 aliphatic heterocycles. The SMILES string of the molecule is COC(=O)C1(N)CCC(OC2CCCC(C)C2)C1. The molecule has 4 heteroatoms. The van der Waals surface area contributed by atoms with E-state index in [4.69, 9.17) is 15.2 Å². The van der Waals surface area contributed by atoms with E-state index in [1.165, 1.54) is 20.0 Å². The van der Waals surface area contributed by atoms with E-state index in [0.29, 0.717) is 18.9 Å². The number of ether oxygens (including phenoxy) is 2. The highest BCUT2D eigenvalue weighted by Crippen LogP contribution is 2.34. The zero-order chi connectivity index (χ0) is 13.2. The molecule has 0 aromatic heterocycles. The van der Waals surface area contributed by atoms with Crippen molar-refractivity contribution in [2.24, 2.45) is 11.7 Å². The van der Waals surface area contributed by atoms with Crippen LogP contribution in [0.25, 0.3) is 0 Å². The van der Waals surface area contributed by atoms with Crippen LogP contribution in [0.1, 0.15) is 51.9 Å². The molecule has 104 valence electrons. The molecular formula is C14H25NO3. The first kappa shape index (κ1) is 13.8. The van der Waals surface area contributed by atoms with Gasteiger partial charge >= 0.3 is 5.97 Å². The summed E-state index contributed by atoms with van der Waals surface area (Å²) in [6.07, 6.45) is 7.50. The highest BCUT2D eigenvalue weighted by molar-refractivity contribution is 5.80. The lowest BCUT2D eigenvalue weighted by molar-refractivity contribution is -0.147. The molecule has 0 bridgehead atoms. The van der Waals surface area contributed by atoms with Crippen molar-refractivity contribution in [1.29, 1.82) is 0 Å². The maximum atomic E-state index is 11.6. The van der Waals surface area contributed by atoms with Gasteiger partial charge in [-0.25, -0.2) is 0 Å². The quantitative estimate of drug-likeness (QED) is 0.784. The number of methoxy groups -OCH3 is 1. The molecule has 2 aliphatic rings. The van der Waals surface area contributed by atoms with Gasteiger partial charge in [-0.2, -0.15) is 0 Å². The van der Waals surface area contributed by atoms with Crippen molar-refractivity contribution < 1.29 is 14.3 Å². The van der Waals surface area contributed by atoms with Crippen molar-refractivity contribution >= 4 is 5.97 Å². The highest BCUT2D eigenvalue weighted by atomic mass is 16.5. The molecule has 0 aromatic carbocycles. The Labute approximate surface area is 109 Å². The first-order chi connectivity index (χ1) is 8.53. The van der Waals surface area contributed by atoms with Crippen LogP contribution in [0.2, 0.25) is 0 Å². The molecule has 0 amide bonds. The first-order valence-electron chi connectivity index (χ1n) is 7.06. The van der Waals surface area contributed by atoms with Gasteiger partial charge in [-0.1, -0.05) is 19.8 Å². The van der Waals surface area contributed by atoms with E-state index in [0.717, 1.165) is 25.2 Å². The second-order valence-corrected chi connectivity index (χ2v) is 6.04. The second-order valence-electron chi connectivity index (χ2n) is 6.04. The molecule has 18 heavy (non-hydrogen) atoms. The van der Waals surface area contributed by atoms with Crippen LogP contribution in [0.3, 0.4) is 0 Å². The van der Waals surface area contributed by atoms with Gasteiger partial charge in [-0.15, -0.1) is 0 Å². The number of rotatable bonds is 3. The van der Waals surface area contributed by atoms with E-state index < -0.39 is 5.54 Å². The van der Waals surface area contributed by atoms with E-state index >= 15 is 0 Å². The molecule has 0 radical (unpaired) electrons. The van der Waals surface area contributed by atoms with Gasteiger partial charge in [-0.3, -0.25) is 4.79 Å². The summed E-state index contributed by atoms with van der Waals surface area (Å²) in [7, 11) is 1.40. The van der Waals surface area contributed by atoms with Crippen molar-refractivity contribution in [3.63, 3.8) is 0 Å². The molecule has 0 saturated heterocycles. The van der Waals surface area contributed by atoms with E-state index in [1.807, 2.05) is 0 Å². The van der Waals surface area contributed by atoms with Crippen molar-refractivity contribution in [1.82, 2.24) is 0 Å². The highest BCUT2D eigenvalue weighted by Gasteiger charge is 2.44. The Bertz CT molecular complexity index is 307. The zero-order valence-electron chi connectivity index (χ0n) is 11.5. The molecule has 2 N–H and O–H groups in total. The van der Waals surface area contributed by atoms with Gasteiger partial charge in [0.05, 0.1) is 19.3 Å². The summed E-state index contributed by atoms with van der Waals surface area (Å²) >= 11 is 0. The minimum Gasteiger partial charge on any atom is -0.468 e. The third-order valence-electron chi connectivity index (χ3n) is 4.37. The summed E-state index contributed by atoms with van der Waals surface area (Å²) in [5.41, 5.74) is 5.26. The van der Waals surface area contributed by atoms with Gasteiger partial charge in [0.2, 0.25) is 0 Å². The summed E-state index contributed by atoms with van der Waals surface area (Å²) in [5.74, 6) is 0.457. The molecule has 4 unspecified atom stereocenters. The molecular weight excluding hydrogens is 230 g/mol. The van der Waals surface area contributed by atoms with Crippen LogP contribution in [-0.2, 0) is 14.3 Å². The minimum absolute atomic E-state index is 0.129. The van der Waals surface area contributed by atoms with Crippen LogP contribution in [0.4, 0.5) is 0 Å². The van der Waals surface area contributed by atoms with E-state index in [1.54, 1.807) is 0 Å². The van der Waals surface area contributed by atoms with Crippen LogP contribution in [0.5, 0.6) is 0 Å². The predicted molar refractivity (Wildman–Crippen MR) is 69.1 cm³/mol. The van der Waals surface area contributed by atoms with Gasteiger partial charge in [0, 0.05) is 6.42 Å². The van der Waals surface area contributed by atoms with Gasteiger partial charge in [-0.05, 0) is 31.6 Å². The van der Waals surface area contributed by atoms with Gasteiger partial charge < -0.3 is 15.2 Å². The zero-order valence-corrected chi connectivity index (χ0v) is 11.5. The number of hydrogen-bond donors (Lipinski definition) is 1. The Balaban J connectivity index is 1.84. The Kier molecular flexibility index (Phi) is 4.28. The smallest absolute Gasteiger partial charge is 0.325 e. The fourth-order valence-corrected chi connectivity index (χ4v) is 3.31. The molecule has 4 nitrogen and oxygen atoms in total. The van der Waals surface area contributed by atoms with Gasteiger partial charge in [0.1, 0.15) is 5.54 Å². The molecule has 2 saturated carbocycles. The minimum atomic E-state index is -0.820. The number of carbonyl (C=O) groups is 1. The van der Waals surface area contributed by atoms with Crippen LogP contribution in [0.15, 0.2) is 0 Å². The summed E-state index contributed by atoms with van der Waals surface area (Å²) in [6, 6.07) is 0. The van der Waals surface area contributed by atoms with Crippen LogP contribution in [0, 0.1) is 5.92 Å². The van der Waals surface area contributed by atoms with Crippen molar-refractivity contribution in [3.05, 3.63) is 0 Å². The fourth-order valence-electron chi connectivity index (χ4n) is 3.31. The molecule has 4 atom stereocenters. The summed E-state index contributed by atoms with van der Waals surface area (Å²) < 4.78 is 10.9. The lowest BCUT2D eigenvalue weighted by Gasteiger charge is -2.29. The fraction of sp³-hybridized carbons (Fsp3) is 0.929.